The molecule has 0 atom stereocenters. The van der Waals surface area contributed by atoms with Gasteiger partial charge in [0, 0.05) is 37.2 Å². The van der Waals surface area contributed by atoms with Gasteiger partial charge in [-0.15, -0.1) is 0 Å². The number of carbonyl (C=O) groups is 2. The normalized spacial score (nSPS) is 10.7. The lowest BCUT2D eigenvalue weighted by atomic mass is 10.1. The van der Waals surface area contributed by atoms with Crippen LogP contribution in [0.4, 0.5) is 11.4 Å². The Bertz CT molecular complexity index is 637. The Balaban J connectivity index is 3.16. The van der Waals surface area contributed by atoms with Crippen LogP contribution in [0.1, 0.15) is 17.3 Å². The van der Waals surface area contributed by atoms with E-state index in [0.29, 0.717) is 0 Å². The number of nitrogens with one attached hydrogen (secondary N) is 3. The summed E-state index contributed by atoms with van der Waals surface area (Å²) in [5.41, 5.74) is -0.00473. The molecule has 0 spiro atoms. The van der Waals surface area contributed by atoms with Gasteiger partial charge < -0.3 is 16.0 Å². The largest absolute Gasteiger partial charge is 0.393 e. The number of benzene rings is 1. The first-order valence-corrected chi connectivity index (χ1v) is 5.89. The third kappa shape index (κ3) is 3.96. The van der Waals surface area contributed by atoms with Gasteiger partial charge in [-0.2, -0.15) is 0 Å². The van der Waals surface area contributed by atoms with Crippen molar-refractivity contribution >= 4 is 29.3 Å². The van der Waals surface area contributed by atoms with Crippen molar-refractivity contribution in [2.75, 3.05) is 12.4 Å². The van der Waals surface area contributed by atoms with Crippen molar-refractivity contribution in [2.45, 2.75) is 6.92 Å². The summed E-state index contributed by atoms with van der Waals surface area (Å²) in [5, 5.41) is 22.9. The summed E-state index contributed by atoms with van der Waals surface area (Å²) in [7, 11) is 1.57. The topological polar surface area (TPSA) is 125 Å². The molecule has 0 saturated carbocycles. The molecule has 1 aromatic carbocycles. The van der Waals surface area contributed by atoms with E-state index < -0.39 is 16.6 Å². The molecule has 0 radical (unpaired) electrons. The smallest absolute Gasteiger partial charge is 0.270 e. The summed E-state index contributed by atoms with van der Waals surface area (Å²) < 4.78 is 0. The summed E-state index contributed by atoms with van der Waals surface area (Å²) in [4.78, 5) is 33.5. The van der Waals surface area contributed by atoms with Gasteiger partial charge in [0.25, 0.3) is 11.6 Å². The van der Waals surface area contributed by atoms with Gasteiger partial charge in [-0.25, -0.2) is 0 Å². The van der Waals surface area contributed by atoms with Crippen LogP contribution in [0.2, 0.25) is 0 Å². The number of hydrogen-bond donors (Lipinski definition) is 3. The lowest BCUT2D eigenvalue weighted by molar-refractivity contribution is -0.384. The Morgan fingerprint density at radius 1 is 1.38 bits per heavy atom. The standard InChI is InChI=1S/C13H14N4O4/c1-8(18)11-5-10(17(20)21)3-4-12(11)16-13(19)9(6-14)7-15-2/h3-7,14-15H,1-2H3,(H,16,19)/b9-7+,14-6?. The number of nitro benzene ring substituents is 1. The maximum Gasteiger partial charge on any atom is 0.270 e. The first-order chi connectivity index (χ1) is 9.90. The lowest BCUT2D eigenvalue weighted by Crippen LogP contribution is -2.18. The zero-order chi connectivity index (χ0) is 16.0. The van der Waals surface area contributed by atoms with Gasteiger partial charge in [-0.05, 0) is 13.0 Å². The Kier molecular flexibility index (Phi) is 5.30. The summed E-state index contributed by atoms with van der Waals surface area (Å²) in [6.07, 6.45) is 2.17. The van der Waals surface area contributed by atoms with Crippen LogP contribution in [-0.4, -0.2) is 29.9 Å². The molecule has 0 unspecified atom stereocenters. The van der Waals surface area contributed by atoms with E-state index in [4.69, 9.17) is 5.41 Å². The van der Waals surface area contributed by atoms with Gasteiger partial charge in [0.2, 0.25) is 0 Å². The molecule has 21 heavy (non-hydrogen) atoms. The first kappa shape index (κ1) is 16.0. The molecule has 8 heteroatoms. The van der Waals surface area contributed by atoms with E-state index in [1.54, 1.807) is 7.05 Å². The van der Waals surface area contributed by atoms with Gasteiger partial charge in [0.05, 0.1) is 16.2 Å². The minimum atomic E-state index is -0.623. The number of nitro groups is 1. The van der Waals surface area contributed by atoms with Crippen LogP contribution in [0.15, 0.2) is 30.0 Å². The molecule has 0 bridgehead atoms. The van der Waals surface area contributed by atoms with Crippen molar-refractivity contribution in [2.24, 2.45) is 0 Å². The summed E-state index contributed by atoms with van der Waals surface area (Å²) >= 11 is 0. The predicted molar refractivity (Wildman–Crippen MR) is 77.7 cm³/mol. The highest BCUT2D eigenvalue weighted by atomic mass is 16.6. The number of ketones is 1. The number of amides is 1. The van der Waals surface area contributed by atoms with Gasteiger partial charge in [0.1, 0.15) is 0 Å². The molecule has 0 aromatic heterocycles. The molecule has 1 rings (SSSR count). The van der Waals surface area contributed by atoms with Crippen LogP contribution < -0.4 is 10.6 Å². The number of anilines is 1. The van der Waals surface area contributed by atoms with E-state index in [0.717, 1.165) is 12.3 Å². The van der Waals surface area contributed by atoms with E-state index in [-0.39, 0.29) is 22.5 Å². The molecular formula is C13H14N4O4. The second-order valence-electron chi connectivity index (χ2n) is 4.03. The van der Waals surface area contributed by atoms with Crippen molar-refractivity contribution in [1.82, 2.24) is 5.32 Å². The highest BCUT2D eigenvalue weighted by Crippen LogP contribution is 2.23. The monoisotopic (exact) mass is 290 g/mol. The van der Waals surface area contributed by atoms with Crippen LogP contribution in [0.25, 0.3) is 0 Å². The minimum Gasteiger partial charge on any atom is -0.393 e. The van der Waals surface area contributed by atoms with Gasteiger partial charge in [0.15, 0.2) is 5.78 Å². The van der Waals surface area contributed by atoms with Gasteiger partial charge in [-0.1, -0.05) is 0 Å². The van der Waals surface area contributed by atoms with Gasteiger partial charge in [-0.3, -0.25) is 19.7 Å². The second-order valence-corrected chi connectivity index (χ2v) is 4.03. The molecule has 0 fully saturated rings. The third-order valence-corrected chi connectivity index (χ3v) is 2.56. The summed E-state index contributed by atoms with van der Waals surface area (Å²) in [6, 6.07) is 3.57. The molecule has 110 valence electrons. The van der Waals surface area contributed by atoms with Crippen LogP contribution in [0.5, 0.6) is 0 Å². The second kappa shape index (κ2) is 6.94. The predicted octanol–water partition coefficient (Wildman–Crippen LogP) is 1.49. The Labute approximate surface area is 120 Å². The zero-order valence-electron chi connectivity index (χ0n) is 11.5. The van der Waals surface area contributed by atoms with Crippen LogP contribution in [0, 0.1) is 15.5 Å². The van der Waals surface area contributed by atoms with Crippen molar-refractivity contribution in [1.29, 1.82) is 5.41 Å². The summed E-state index contributed by atoms with van der Waals surface area (Å²) in [5.74, 6) is -1.02. The van der Waals surface area contributed by atoms with Crippen molar-refractivity contribution in [3.05, 3.63) is 45.6 Å². The number of nitrogens with zero attached hydrogens (tertiary/aromatic N) is 1. The molecule has 0 heterocycles. The van der Waals surface area contributed by atoms with Crippen LogP contribution in [-0.2, 0) is 4.79 Å². The number of rotatable bonds is 6. The molecule has 1 amide bonds. The van der Waals surface area contributed by atoms with E-state index in [2.05, 4.69) is 10.6 Å². The molecule has 0 saturated heterocycles. The zero-order valence-corrected chi connectivity index (χ0v) is 11.5. The Morgan fingerprint density at radius 3 is 2.52 bits per heavy atom. The average Bonchev–Trinajstić information content (AvgIpc) is 2.44. The van der Waals surface area contributed by atoms with E-state index in [1.807, 2.05) is 0 Å². The Morgan fingerprint density at radius 2 is 2.05 bits per heavy atom. The molecule has 0 aliphatic rings. The van der Waals surface area contributed by atoms with E-state index >= 15 is 0 Å². The van der Waals surface area contributed by atoms with Crippen molar-refractivity contribution in [3.8, 4) is 0 Å². The number of Topliss-reactive ketones (excluding diaryl/α,β-unsaturated/α-hetero) is 1. The fraction of sp³-hybridized carbons (Fsp3) is 0.154. The van der Waals surface area contributed by atoms with E-state index in [1.165, 1.54) is 25.3 Å². The highest BCUT2D eigenvalue weighted by Gasteiger charge is 2.16. The Hall–Kier alpha value is -3.03. The van der Waals surface area contributed by atoms with E-state index in [9.17, 15) is 19.7 Å². The molecular weight excluding hydrogens is 276 g/mol. The minimum absolute atomic E-state index is 0.0336. The lowest BCUT2D eigenvalue weighted by Gasteiger charge is -2.09. The first-order valence-electron chi connectivity index (χ1n) is 5.89. The molecule has 0 aliphatic carbocycles. The van der Waals surface area contributed by atoms with Crippen LogP contribution in [0.3, 0.4) is 0 Å². The third-order valence-electron chi connectivity index (χ3n) is 2.56. The number of non-ortho nitro benzene ring substituents is 1. The van der Waals surface area contributed by atoms with Gasteiger partial charge >= 0.3 is 0 Å². The van der Waals surface area contributed by atoms with Crippen molar-refractivity contribution in [3.63, 3.8) is 0 Å². The SMILES string of the molecule is CN/C=C(\C=N)C(=O)Nc1ccc([N+](=O)[O-])cc1C(C)=O. The average molecular weight is 290 g/mol. The molecule has 3 N–H and O–H groups in total. The number of carbonyl (C=O) groups excluding carboxylic acids is 2. The quantitative estimate of drug-likeness (QED) is 0.240. The summed E-state index contributed by atoms with van der Waals surface area (Å²) in [6.45, 7) is 1.25. The fourth-order valence-corrected chi connectivity index (χ4v) is 1.57. The van der Waals surface area contributed by atoms with Crippen molar-refractivity contribution < 1.29 is 14.5 Å². The molecule has 8 nitrogen and oxygen atoms in total. The molecule has 0 aliphatic heterocycles. The highest BCUT2D eigenvalue weighted by molar-refractivity contribution is 6.18. The number of hydrogen-bond acceptors (Lipinski definition) is 6. The maximum absolute atomic E-state index is 11.9. The molecule has 1 aromatic rings. The fourth-order valence-electron chi connectivity index (χ4n) is 1.57. The maximum atomic E-state index is 11.9. The van der Waals surface area contributed by atoms with Crippen LogP contribution >= 0.6 is 0 Å².